The maximum atomic E-state index is 9.81. The number of hydrogen-bond acceptors (Lipinski definition) is 3. The molecule has 0 fully saturated rings. The average Bonchev–Trinajstić information content (AvgIpc) is 1.27. The van der Waals surface area contributed by atoms with Crippen LogP contribution in [-0.4, -0.2) is 11.9 Å². The summed E-state index contributed by atoms with van der Waals surface area (Å²) in [5, 5.41) is 0. The zero-order valence-electron chi connectivity index (χ0n) is 4.58. The van der Waals surface area contributed by atoms with Gasteiger partial charge in [0.15, 0.2) is 0 Å². The molecule has 0 unspecified atom stereocenters. The zero-order valence-corrected chi connectivity index (χ0v) is 6.32. The first kappa shape index (κ1) is 10.7. The number of ether oxygens (including phenoxy) is 1. The van der Waals surface area contributed by atoms with E-state index in [1.54, 1.807) is 0 Å². The van der Waals surface area contributed by atoms with E-state index in [4.69, 9.17) is 0 Å². The molecule has 0 aromatic carbocycles. The summed E-state index contributed by atoms with van der Waals surface area (Å²) in [7, 11) is 0. The molecule has 3 nitrogen and oxygen atoms in total. The fraction of sp³-hybridized carbons (Fsp3) is 0.500. The maximum absolute atomic E-state index is 9.81. The monoisotopic (exact) mass is 204 g/mol. The Morgan fingerprint density at radius 2 is 1.38 bits per heavy atom. The van der Waals surface area contributed by atoms with E-state index in [1.807, 2.05) is 0 Å². The van der Waals surface area contributed by atoms with E-state index in [-0.39, 0.29) is 19.5 Å². The van der Waals surface area contributed by atoms with Crippen molar-refractivity contribution in [1.82, 2.24) is 0 Å². The van der Waals surface area contributed by atoms with Crippen molar-refractivity contribution in [3.05, 3.63) is 0 Å². The van der Waals surface area contributed by atoms with E-state index in [1.165, 1.54) is 13.8 Å². The third kappa shape index (κ3) is 9.23. The molecule has 8 heavy (non-hydrogen) atoms. The molecule has 0 saturated heterocycles. The van der Waals surface area contributed by atoms with Crippen molar-refractivity contribution in [1.29, 1.82) is 0 Å². The number of carbonyl (C=O) groups is 2. The average molecular weight is 203 g/mol. The predicted molar refractivity (Wildman–Crippen MR) is 22.4 cm³/mol. The maximum Gasteiger partial charge on any atom is 0.310 e. The first-order chi connectivity index (χ1) is 3.13. The first-order valence-electron chi connectivity index (χ1n) is 1.82. The van der Waals surface area contributed by atoms with Gasteiger partial charge in [0.1, 0.15) is 0 Å². The molecule has 0 N–H and O–H groups in total. The molecule has 4 heteroatoms. The van der Waals surface area contributed by atoms with Gasteiger partial charge < -0.3 is 4.74 Å². The molecule has 0 radical (unpaired) electrons. The molecular weight excluding hydrogens is 197 g/mol. The Bertz CT molecular complexity index is 87.5. The molecule has 0 saturated carbocycles. The molecule has 0 atom stereocenters. The Morgan fingerprint density at radius 3 is 1.38 bits per heavy atom. The molecule has 0 aliphatic heterocycles. The van der Waals surface area contributed by atoms with Crippen molar-refractivity contribution in [2.24, 2.45) is 0 Å². The second kappa shape index (κ2) is 4.91. The van der Waals surface area contributed by atoms with E-state index in [9.17, 15) is 9.59 Å². The normalized spacial score (nSPS) is 6.75. The molecule has 0 aliphatic rings. The smallest absolute Gasteiger partial charge is 0.310 e. The van der Waals surface area contributed by atoms with Crippen LogP contribution in [0.25, 0.3) is 0 Å². The molecule has 0 bridgehead atoms. The fourth-order valence-electron chi connectivity index (χ4n) is 0.202. The van der Waals surface area contributed by atoms with Crippen LogP contribution in [0.5, 0.6) is 0 Å². The Morgan fingerprint density at radius 1 is 1.12 bits per heavy atom. The van der Waals surface area contributed by atoms with Crippen molar-refractivity contribution in [2.45, 2.75) is 13.8 Å². The van der Waals surface area contributed by atoms with Gasteiger partial charge >= 0.3 is 11.9 Å². The summed E-state index contributed by atoms with van der Waals surface area (Å²) in [6.45, 7) is 2.36. The van der Waals surface area contributed by atoms with Crippen molar-refractivity contribution in [2.75, 3.05) is 0 Å². The zero-order chi connectivity index (χ0) is 5.86. The molecular formula is C4H6O3Ru. The summed E-state index contributed by atoms with van der Waals surface area (Å²) in [6.07, 6.45) is 0. The minimum absolute atomic E-state index is 0. The third-order valence-corrected chi connectivity index (χ3v) is 0.287. The van der Waals surface area contributed by atoms with E-state index in [0.717, 1.165) is 0 Å². The van der Waals surface area contributed by atoms with E-state index < -0.39 is 11.9 Å². The van der Waals surface area contributed by atoms with Gasteiger partial charge in [-0.3, -0.25) is 9.59 Å². The molecule has 0 aromatic heterocycles. The molecule has 0 rings (SSSR count). The van der Waals surface area contributed by atoms with Crippen LogP contribution in [0, 0.1) is 0 Å². The van der Waals surface area contributed by atoms with Crippen LogP contribution in [0.4, 0.5) is 0 Å². The SMILES string of the molecule is CC(=O)OC(C)=O.[Ru]. The van der Waals surface area contributed by atoms with E-state index in [2.05, 4.69) is 4.74 Å². The van der Waals surface area contributed by atoms with Crippen LogP contribution in [0.2, 0.25) is 0 Å². The second-order valence-corrected chi connectivity index (χ2v) is 1.09. The Balaban J connectivity index is 0. The van der Waals surface area contributed by atoms with E-state index >= 15 is 0 Å². The van der Waals surface area contributed by atoms with Crippen LogP contribution in [0.3, 0.4) is 0 Å². The Kier molecular flexibility index (Phi) is 6.56. The molecule has 0 spiro atoms. The van der Waals surface area contributed by atoms with Gasteiger partial charge in [0.2, 0.25) is 0 Å². The van der Waals surface area contributed by atoms with Crippen LogP contribution < -0.4 is 0 Å². The van der Waals surface area contributed by atoms with Crippen LogP contribution in [-0.2, 0) is 33.8 Å². The predicted octanol–water partition coefficient (Wildman–Crippen LogP) is 0.0935. The van der Waals surface area contributed by atoms with Gasteiger partial charge in [-0.05, 0) is 0 Å². The minimum atomic E-state index is -0.562. The second-order valence-electron chi connectivity index (χ2n) is 1.09. The minimum Gasteiger partial charge on any atom is -0.394 e. The summed E-state index contributed by atoms with van der Waals surface area (Å²) >= 11 is 0. The molecule has 0 aromatic rings. The number of hydrogen-bond donors (Lipinski definition) is 0. The number of esters is 2. The summed E-state index contributed by atoms with van der Waals surface area (Å²) in [4.78, 5) is 19.6. The van der Waals surface area contributed by atoms with Crippen LogP contribution in [0.1, 0.15) is 13.8 Å². The van der Waals surface area contributed by atoms with Crippen molar-refractivity contribution < 1.29 is 33.8 Å². The van der Waals surface area contributed by atoms with Crippen LogP contribution in [0.15, 0.2) is 0 Å². The van der Waals surface area contributed by atoms with Gasteiger partial charge in [-0.15, -0.1) is 0 Å². The summed E-state index contributed by atoms with van der Waals surface area (Å²) in [5.41, 5.74) is 0. The third-order valence-electron chi connectivity index (χ3n) is 0.287. The Labute approximate surface area is 60.2 Å². The number of rotatable bonds is 0. The fourth-order valence-corrected chi connectivity index (χ4v) is 0.202. The van der Waals surface area contributed by atoms with Crippen molar-refractivity contribution in [3.8, 4) is 0 Å². The Hall–Kier alpha value is -0.237. The molecule has 0 amide bonds. The summed E-state index contributed by atoms with van der Waals surface area (Å²) in [5.74, 6) is -1.12. The van der Waals surface area contributed by atoms with Gasteiger partial charge in [0.05, 0.1) is 0 Å². The molecule has 48 valence electrons. The van der Waals surface area contributed by atoms with Gasteiger partial charge in [-0.2, -0.15) is 0 Å². The van der Waals surface area contributed by atoms with Crippen molar-refractivity contribution >= 4 is 11.9 Å². The van der Waals surface area contributed by atoms with Crippen LogP contribution >= 0.6 is 0 Å². The van der Waals surface area contributed by atoms with Gasteiger partial charge in [0, 0.05) is 33.3 Å². The largest absolute Gasteiger partial charge is 0.394 e. The topological polar surface area (TPSA) is 43.4 Å². The standard InChI is InChI=1S/C4H6O3.Ru/c1-3(5)7-4(2)6;/h1-2H3;. The summed E-state index contributed by atoms with van der Waals surface area (Å²) < 4.78 is 3.97. The van der Waals surface area contributed by atoms with E-state index in [0.29, 0.717) is 0 Å². The number of carbonyl (C=O) groups excluding carboxylic acids is 2. The first-order valence-corrected chi connectivity index (χ1v) is 1.82. The quantitative estimate of drug-likeness (QED) is 0.318. The summed E-state index contributed by atoms with van der Waals surface area (Å²) in [6, 6.07) is 0. The van der Waals surface area contributed by atoms with Gasteiger partial charge in [-0.25, -0.2) is 0 Å². The molecule has 0 aliphatic carbocycles. The van der Waals surface area contributed by atoms with Gasteiger partial charge in [0.25, 0.3) is 0 Å². The van der Waals surface area contributed by atoms with Gasteiger partial charge in [-0.1, -0.05) is 0 Å². The van der Waals surface area contributed by atoms with Crippen molar-refractivity contribution in [3.63, 3.8) is 0 Å². The molecule has 0 heterocycles.